The summed E-state index contributed by atoms with van der Waals surface area (Å²) >= 11 is 0. The predicted molar refractivity (Wildman–Crippen MR) is 103 cm³/mol. The molecule has 0 aromatic heterocycles. The smallest absolute Gasteiger partial charge is 1.00 e. The van der Waals surface area contributed by atoms with Crippen molar-refractivity contribution >= 4 is 11.9 Å². The maximum atomic E-state index is 12.0. The van der Waals surface area contributed by atoms with Gasteiger partial charge in [0.1, 0.15) is 6.04 Å². The molecule has 0 spiro atoms. The van der Waals surface area contributed by atoms with Crippen LogP contribution in [0.4, 0.5) is 0 Å². The quantitative estimate of drug-likeness (QED) is 0.387. The van der Waals surface area contributed by atoms with E-state index < -0.39 is 12.0 Å². The van der Waals surface area contributed by atoms with Gasteiger partial charge in [-0.05, 0) is 12.0 Å². The number of nitrogens with one attached hydrogen (secondary N) is 1. The fourth-order valence-electron chi connectivity index (χ4n) is 2.91. The molecule has 5 heteroatoms. The van der Waals surface area contributed by atoms with Crippen molar-refractivity contribution in [2.24, 2.45) is 0 Å². The molecule has 142 valence electrons. The fraction of sp³-hybridized carbons (Fsp3) is 0.619. The zero-order chi connectivity index (χ0) is 18.3. The molecule has 0 unspecified atom stereocenters. The number of hydrogen-bond acceptors (Lipinski definition) is 2. The number of rotatable bonds is 14. The van der Waals surface area contributed by atoms with Crippen LogP contribution in [-0.2, 0) is 16.0 Å². The van der Waals surface area contributed by atoms with E-state index >= 15 is 0 Å². The number of carboxylic acids is 1. The van der Waals surface area contributed by atoms with Crippen LogP contribution in [0.2, 0.25) is 0 Å². The summed E-state index contributed by atoms with van der Waals surface area (Å²) in [5, 5.41) is 12.0. The zero-order valence-corrected chi connectivity index (χ0v) is 18.5. The van der Waals surface area contributed by atoms with E-state index in [2.05, 4.69) is 12.2 Å². The van der Waals surface area contributed by atoms with E-state index in [1.54, 1.807) is 0 Å². The van der Waals surface area contributed by atoms with Gasteiger partial charge in [0.25, 0.3) is 0 Å². The van der Waals surface area contributed by atoms with Crippen molar-refractivity contribution in [2.45, 2.75) is 83.6 Å². The number of aliphatic carboxylic acids is 1. The molecule has 0 saturated carbocycles. The molecule has 0 aliphatic heterocycles. The van der Waals surface area contributed by atoms with Gasteiger partial charge in [-0.1, -0.05) is 88.6 Å². The minimum absolute atomic E-state index is 0. The Kier molecular flexibility index (Phi) is 15.8. The first kappa shape index (κ1) is 25.2. The third-order valence-corrected chi connectivity index (χ3v) is 4.42. The van der Waals surface area contributed by atoms with Crippen LogP contribution in [0, 0.1) is 0 Å². The average molecular weight is 371 g/mol. The van der Waals surface area contributed by atoms with Crippen molar-refractivity contribution in [3.63, 3.8) is 0 Å². The summed E-state index contributed by atoms with van der Waals surface area (Å²) in [5.41, 5.74) is 0.915. The van der Waals surface area contributed by atoms with Gasteiger partial charge in [0, 0.05) is 12.8 Å². The van der Waals surface area contributed by atoms with Crippen LogP contribution in [-0.4, -0.2) is 23.0 Å². The minimum atomic E-state index is -0.982. The molecule has 1 aromatic rings. The minimum Gasteiger partial charge on any atom is -1.00 e. The Morgan fingerprint density at radius 1 is 0.962 bits per heavy atom. The van der Waals surface area contributed by atoms with E-state index in [0.717, 1.165) is 24.8 Å². The molecule has 0 aliphatic rings. The predicted octanol–water partition coefficient (Wildman–Crippen LogP) is 1.84. The first-order valence-corrected chi connectivity index (χ1v) is 9.69. The summed E-state index contributed by atoms with van der Waals surface area (Å²) in [6, 6.07) is 8.54. The van der Waals surface area contributed by atoms with Crippen LogP contribution in [0.3, 0.4) is 0 Å². The first-order valence-electron chi connectivity index (χ1n) is 9.69. The van der Waals surface area contributed by atoms with Crippen molar-refractivity contribution in [1.82, 2.24) is 5.32 Å². The van der Waals surface area contributed by atoms with Gasteiger partial charge in [-0.3, -0.25) is 4.79 Å². The number of carboxylic acid groups (broad SMARTS) is 1. The number of carbonyl (C=O) groups is 2. The number of benzene rings is 1. The maximum Gasteiger partial charge on any atom is 1.00 e. The monoisotopic (exact) mass is 371 g/mol. The van der Waals surface area contributed by atoms with Gasteiger partial charge in [-0.15, -0.1) is 0 Å². The number of carbonyl (C=O) groups excluding carboxylic acids is 1. The van der Waals surface area contributed by atoms with Gasteiger partial charge in [-0.2, -0.15) is 0 Å². The van der Waals surface area contributed by atoms with E-state index in [0.29, 0.717) is 12.8 Å². The molecule has 0 bridgehead atoms. The third-order valence-electron chi connectivity index (χ3n) is 4.42. The summed E-state index contributed by atoms with van der Waals surface area (Å²) in [7, 11) is 0. The topological polar surface area (TPSA) is 66.4 Å². The van der Waals surface area contributed by atoms with Crippen LogP contribution >= 0.6 is 0 Å². The Labute approximate surface area is 181 Å². The van der Waals surface area contributed by atoms with Crippen LogP contribution in [0.5, 0.6) is 0 Å². The molecule has 1 atom stereocenters. The SMILES string of the molecule is CCCCCCCCCCCC(=O)N[C@@H](Cc1ccccc1)C(=O)O.[H-].[Na+]. The summed E-state index contributed by atoms with van der Waals surface area (Å²) in [4.78, 5) is 23.3. The van der Waals surface area contributed by atoms with Gasteiger partial charge < -0.3 is 11.8 Å². The second-order valence-electron chi connectivity index (χ2n) is 6.73. The zero-order valence-electron chi connectivity index (χ0n) is 17.5. The van der Waals surface area contributed by atoms with Gasteiger partial charge in [0.2, 0.25) is 5.91 Å². The van der Waals surface area contributed by atoms with Gasteiger partial charge in [-0.25, -0.2) is 4.79 Å². The molecule has 1 rings (SSSR count). The fourth-order valence-corrected chi connectivity index (χ4v) is 2.91. The van der Waals surface area contributed by atoms with Gasteiger partial charge in [0.15, 0.2) is 0 Å². The van der Waals surface area contributed by atoms with Crippen LogP contribution in [0.15, 0.2) is 30.3 Å². The van der Waals surface area contributed by atoms with E-state index in [1.165, 1.54) is 38.5 Å². The normalized spacial score (nSPS) is 11.4. The Balaban J connectivity index is 0. The summed E-state index contributed by atoms with van der Waals surface area (Å²) in [6.07, 6.45) is 11.5. The van der Waals surface area contributed by atoms with E-state index in [4.69, 9.17) is 0 Å². The summed E-state index contributed by atoms with van der Waals surface area (Å²) in [6.45, 7) is 2.22. The molecule has 0 aliphatic carbocycles. The van der Waals surface area contributed by atoms with E-state index in [9.17, 15) is 14.7 Å². The average Bonchev–Trinajstić information content (AvgIpc) is 2.60. The van der Waals surface area contributed by atoms with Crippen molar-refractivity contribution in [2.75, 3.05) is 0 Å². The Bertz CT molecular complexity index is 499. The van der Waals surface area contributed by atoms with E-state index in [-0.39, 0.29) is 36.9 Å². The van der Waals surface area contributed by atoms with Crippen molar-refractivity contribution < 1.29 is 45.7 Å². The standard InChI is InChI=1S/C21H33NO3.Na.H/c1-2-3-4-5-6-7-8-9-13-16-20(23)22-19(21(24)25)17-18-14-11-10-12-15-18;;/h10-12,14-15,19H,2-9,13,16-17H2,1H3,(H,22,23)(H,24,25);;/q;+1;-1/t19-;;/m0../s1. The molecular weight excluding hydrogens is 337 g/mol. The maximum absolute atomic E-state index is 12.0. The molecule has 0 fully saturated rings. The second kappa shape index (κ2) is 16.3. The van der Waals surface area contributed by atoms with Gasteiger partial charge in [0.05, 0.1) is 0 Å². The number of unbranched alkanes of at least 4 members (excludes halogenated alkanes) is 8. The molecule has 0 saturated heterocycles. The molecule has 1 amide bonds. The summed E-state index contributed by atoms with van der Waals surface area (Å²) in [5.74, 6) is -1.14. The molecule has 0 radical (unpaired) electrons. The molecule has 0 heterocycles. The van der Waals surface area contributed by atoms with E-state index in [1.807, 2.05) is 30.3 Å². The number of amides is 1. The second-order valence-corrected chi connectivity index (χ2v) is 6.73. The summed E-state index contributed by atoms with van der Waals surface area (Å²) < 4.78 is 0. The largest absolute Gasteiger partial charge is 1.00 e. The van der Waals surface area contributed by atoms with Gasteiger partial charge >= 0.3 is 35.5 Å². The Hall–Kier alpha value is -0.840. The third kappa shape index (κ3) is 12.5. The molecule has 1 aromatic carbocycles. The Morgan fingerprint density at radius 2 is 1.50 bits per heavy atom. The molecule has 4 nitrogen and oxygen atoms in total. The molecule has 26 heavy (non-hydrogen) atoms. The first-order chi connectivity index (χ1) is 12.1. The van der Waals surface area contributed by atoms with Crippen molar-refractivity contribution in [3.05, 3.63) is 35.9 Å². The Morgan fingerprint density at radius 3 is 2.04 bits per heavy atom. The van der Waals surface area contributed by atoms with Crippen LogP contribution in [0.25, 0.3) is 0 Å². The molecule has 2 N–H and O–H groups in total. The van der Waals surface area contributed by atoms with Crippen molar-refractivity contribution in [3.8, 4) is 0 Å². The number of hydrogen-bond donors (Lipinski definition) is 2. The van der Waals surface area contributed by atoms with Crippen molar-refractivity contribution in [1.29, 1.82) is 0 Å². The van der Waals surface area contributed by atoms with Crippen LogP contribution in [0.1, 0.15) is 78.1 Å². The molecular formula is C21H34NNaO3. The van der Waals surface area contributed by atoms with Crippen LogP contribution < -0.4 is 34.9 Å².